The molecule has 1 aromatic heterocycles. The number of methoxy groups -OCH3 is 1. The fraction of sp³-hybridized carbons (Fsp3) is 0.769. The van der Waals surface area contributed by atoms with Crippen LogP contribution in [-0.4, -0.2) is 52.2 Å². The van der Waals surface area contributed by atoms with Crippen LogP contribution in [-0.2, 0) is 30.1 Å². The van der Waals surface area contributed by atoms with Crippen molar-refractivity contribution in [3.8, 4) is 0 Å². The maximum atomic E-state index is 11.8. The quantitative estimate of drug-likeness (QED) is 0.779. The topological polar surface area (TPSA) is 95.7 Å². The van der Waals surface area contributed by atoms with Crippen LogP contribution in [0, 0.1) is 0 Å². The van der Waals surface area contributed by atoms with Gasteiger partial charge in [0.15, 0.2) is 17.4 Å². The third-order valence-corrected chi connectivity index (χ3v) is 4.18. The van der Waals surface area contributed by atoms with Gasteiger partial charge >= 0.3 is 5.97 Å². The molecule has 3 heterocycles. The molecule has 0 amide bonds. The Balaban J connectivity index is 1.89. The van der Waals surface area contributed by atoms with Gasteiger partial charge in [-0.2, -0.15) is 0 Å². The SMILES string of the molecule is COC(=O)C(C)(C)n1cc(C2(O)CC[C@H]3CO[C@@H]2O3)nn1. The minimum atomic E-state index is -1.34. The zero-order chi connectivity index (χ0) is 15.3. The molecule has 3 atom stereocenters. The molecule has 8 nitrogen and oxygen atoms in total. The number of esters is 1. The van der Waals surface area contributed by atoms with E-state index in [1.165, 1.54) is 11.8 Å². The Morgan fingerprint density at radius 1 is 1.62 bits per heavy atom. The highest BCUT2D eigenvalue weighted by molar-refractivity contribution is 5.77. The largest absolute Gasteiger partial charge is 0.467 e. The van der Waals surface area contributed by atoms with E-state index in [4.69, 9.17) is 14.2 Å². The van der Waals surface area contributed by atoms with E-state index in [0.717, 1.165) is 0 Å². The number of rotatable bonds is 3. The van der Waals surface area contributed by atoms with Gasteiger partial charge in [0, 0.05) is 0 Å². The molecule has 1 aromatic rings. The van der Waals surface area contributed by atoms with Gasteiger partial charge in [-0.15, -0.1) is 5.10 Å². The lowest BCUT2D eigenvalue weighted by Crippen LogP contribution is -2.44. The predicted molar refractivity (Wildman–Crippen MR) is 69.1 cm³/mol. The molecule has 1 unspecified atom stereocenters. The van der Waals surface area contributed by atoms with Crippen LogP contribution in [0.15, 0.2) is 6.20 Å². The number of hydrogen-bond donors (Lipinski definition) is 1. The molecular formula is C13H19N3O5. The Morgan fingerprint density at radius 3 is 3.10 bits per heavy atom. The Labute approximate surface area is 122 Å². The summed E-state index contributed by atoms with van der Waals surface area (Å²) in [6.45, 7) is 3.82. The molecule has 8 heteroatoms. The van der Waals surface area contributed by atoms with Crippen LogP contribution in [0.2, 0.25) is 0 Å². The first-order valence-electron chi connectivity index (χ1n) is 6.89. The Kier molecular flexibility index (Phi) is 3.27. The molecule has 2 aliphatic rings. The van der Waals surface area contributed by atoms with Crippen LogP contribution in [0.1, 0.15) is 32.4 Å². The first kappa shape index (κ1) is 14.4. The molecule has 0 aliphatic carbocycles. The summed E-state index contributed by atoms with van der Waals surface area (Å²) in [5.74, 6) is -0.442. The van der Waals surface area contributed by atoms with Crippen molar-refractivity contribution in [3.63, 3.8) is 0 Å². The van der Waals surface area contributed by atoms with E-state index < -0.39 is 23.4 Å². The average Bonchev–Trinajstić information content (AvgIpc) is 3.11. The van der Waals surface area contributed by atoms with E-state index in [0.29, 0.717) is 25.1 Å². The van der Waals surface area contributed by atoms with Crippen molar-refractivity contribution >= 4 is 5.97 Å². The molecule has 0 radical (unpaired) electrons. The van der Waals surface area contributed by atoms with E-state index in [1.54, 1.807) is 20.0 Å². The van der Waals surface area contributed by atoms with Crippen molar-refractivity contribution in [2.24, 2.45) is 0 Å². The van der Waals surface area contributed by atoms with E-state index >= 15 is 0 Å². The third kappa shape index (κ3) is 2.14. The van der Waals surface area contributed by atoms with Crippen LogP contribution < -0.4 is 0 Å². The first-order valence-corrected chi connectivity index (χ1v) is 6.89. The average molecular weight is 297 g/mol. The number of aliphatic hydroxyl groups is 1. The lowest BCUT2D eigenvalue weighted by molar-refractivity contribution is -0.219. The third-order valence-electron chi connectivity index (χ3n) is 4.18. The molecule has 2 aliphatic heterocycles. The summed E-state index contributed by atoms with van der Waals surface area (Å²) in [5, 5.41) is 18.8. The summed E-state index contributed by atoms with van der Waals surface area (Å²) < 4.78 is 17.2. The molecule has 21 heavy (non-hydrogen) atoms. The van der Waals surface area contributed by atoms with Crippen molar-refractivity contribution in [1.82, 2.24) is 15.0 Å². The van der Waals surface area contributed by atoms with Gasteiger partial charge in [0.2, 0.25) is 0 Å². The number of hydrogen-bond acceptors (Lipinski definition) is 7. The summed E-state index contributed by atoms with van der Waals surface area (Å²) in [7, 11) is 1.32. The number of carbonyl (C=O) groups excluding carboxylic acids is 1. The standard InChI is InChI=1S/C13H19N3O5/c1-12(2,10(17)19-3)16-6-9(14-15-16)13(18)5-4-8-7-20-11(13)21-8/h6,8,11,18H,4-5,7H2,1-3H3/t8-,11+,13?/m0/s1. The summed E-state index contributed by atoms with van der Waals surface area (Å²) in [4.78, 5) is 11.8. The lowest BCUT2D eigenvalue weighted by Gasteiger charge is -2.34. The van der Waals surface area contributed by atoms with Crippen LogP contribution in [0.3, 0.4) is 0 Å². The smallest absolute Gasteiger partial charge is 0.333 e. The fourth-order valence-corrected chi connectivity index (χ4v) is 2.68. The Bertz CT molecular complexity index is 558. The van der Waals surface area contributed by atoms with Gasteiger partial charge in [-0.05, 0) is 26.7 Å². The molecule has 2 fully saturated rings. The van der Waals surface area contributed by atoms with Gasteiger partial charge in [-0.1, -0.05) is 5.21 Å². The zero-order valence-corrected chi connectivity index (χ0v) is 12.3. The predicted octanol–water partition coefficient (Wildman–Crippen LogP) is -0.0909. The van der Waals surface area contributed by atoms with Gasteiger partial charge in [0.05, 0.1) is 26.0 Å². The number of nitrogens with zero attached hydrogens (tertiary/aromatic N) is 3. The van der Waals surface area contributed by atoms with Crippen molar-refractivity contribution in [3.05, 3.63) is 11.9 Å². The minimum absolute atomic E-state index is 0.0387. The second kappa shape index (κ2) is 4.75. The van der Waals surface area contributed by atoms with Gasteiger partial charge in [0.25, 0.3) is 0 Å². The number of aromatic nitrogens is 3. The van der Waals surface area contributed by atoms with Gasteiger partial charge in [-0.3, -0.25) is 0 Å². The van der Waals surface area contributed by atoms with Gasteiger partial charge < -0.3 is 19.3 Å². The minimum Gasteiger partial charge on any atom is -0.467 e. The monoisotopic (exact) mass is 297 g/mol. The Morgan fingerprint density at radius 2 is 2.38 bits per heavy atom. The van der Waals surface area contributed by atoms with Crippen LogP contribution in [0.25, 0.3) is 0 Å². The molecule has 0 aromatic carbocycles. The number of ether oxygens (including phenoxy) is 3. The van der Waals surface area contributed by atoms with Crippen molar-refractivity contribution in [2.45, 2.75) is 50.2 Å². The molecule has 3 rings (SSSR count). The summed E-state index contributed by atoms with van der Waals surface area (Å²) in [5.41, 5.74) is -2.01. The highest BCUT2D eigenvalue weighted by atomic mass is 16.7. The fourth-order valence-electron chi connectivity index (χ4n) is 2.68. The summed E-state index contributed by atoms with van der Waals surface area (Å²) >= 11 is 0. The van der Waals surface area contributed by atoms with E-state index in [-0.39, 0.29) is 6.10 Å². The molecule has 2 saturated heterocycles. The van der Waals surface area contributed by atoms with Crippen LogP contribution in [0.4, 0.5) is 0 Å². The van der Waals surface area contributed by atoms with E-state index in [2.05, 4.69) is 10.3 Å². The second-order valence-corrected chi connectivity index (χ2v) is 5.99. The molecule has 0 spiro atoms. The maximum absolute atomic E-state index is 11.8. The normalized spacial score (nSPS) is 32.2. The molecule has 1 N–H and O–H groups in total. The number of carbonyl (C=O) groups is 1. The van der Waals surface area contributed by atoms with Crippen LogP contribution >= 0.6 is 0 Å². The van der Waals surface area contributed by atoms with Gasteiger partial charge in [0.1, 0.15) is 5.69 Å². The molecule has 2 bridgehead atoms. The molecular weight excluding hydrogens is 278 g/mol. The molecule has 116 valence electrons. The van der Waals surface area contributed by atoms with Crippen LogP contribution in [0.5, 0.6) is 0 Å². The van der Waals surface area contributed by atoms with E-state index in [9.17, 15) is 9.90 Å². The zero-order valence-electron chi connectivity index (χ0n) is 12.3. The van der Waals surface area contributed by atoms with E-state index in [1.807, 2.05) is 0 Å². The Hall–Kier alpha value is -1.51. The lowest BCUT2D eigenvalue weighted by atomic mass is 9.90. The second-order valence-electron chi connectivity index (χ2n) is 5.99. The van der Waals surface area contributed by atoms with Gasteiger partial charge in [-0.25, -0.2) is 9.48 Å². The maximum Gasteiger partial charge on any atom is 0.333 e. The van der Waals surface area contributed by atoms with Crippen molar-refractivity contribution in [2.75, 3.05) is 13.7 Å². The first-order chi connectivity index (χ1) is 9.88. The highest BCUT2D eigenvalue weighted by Gasteiger charge is 2.51. The summed E-state index contributed by atoms with van der Waals surface area (Å²) in [6, 6.07) is 0. The summed E-state index contributed by atoms with van der Waals surface area (Å²) in [6.07, 6.45) is 2.03. The number of fused-ring (bicyclic) bond motifs is 2. The molecule has 0 saturated carbocycles. The van der Waals surface area contributed by atoms with Crippen molar-refractivity contribution < 1.29 is 24.1 Å². The van der Waals surface area contributed by atoms with Crippen molar-refractivity contribution in [1.29, 1.82) is 0 Å². The highest BCUT2D eigenvalue weighted by Crippen LogP contribution is 2.41.